The lowest BCUT2D eigenvalue weighted by atomic mass is 10.1. The summed E-state index contributed by atoms with van der Waals surface area (Å²) in [6.07, 6.45) is 2.49. The van der Waals surface area contributed by atoms with Crippen LogP contribution in [0.15, 0.2) is 23.1 Å². The second-order valence-electron chi connectivity index (χ2n) is 5.33. The maximum absolute atomic E-state index is 12.5. The number of nitro groups is 1. The minimum absolute atomic E-state index is 0. The monoisotopic (exact) mass is 349 g/mol. The van der Waals surface area contributed by atoms with Crippen LogP contribution in [0, 0.1) is 23.0 Å². The van der Waals surface area contributed by atoms with Gasteiger partial charge in [0.25, 0.3) is 5.69 Å². The zero-order valence-corrected chi connectivity index (χ0v) is 13.8. The number of nitro benzene ring substituents is 1. The molecule has 2 atom stereocenters. The first-order valence-electron chi connectivity index (χ1n) is 6.83. The average Bonchev–Trinajstić information content (AvgIpc) is 2.84. The lowest BCUT2D eigenvalue weighted by Crippen LogP contribution is -2.40. The number of nitrogens with zero attached hydrogens (tertiary/aromatic N) is 1. The van der Waals surface area contributed by atoms with E-state index in [0.29, 0.717) is 18.5 Å². The summed E-state index contributed by atoms with van der Waals surface area (Å²) in [5.41, 5.74) is 5.61. The maximum atomic E-state index is 12.5. The van der Waals surface area contributed by atoms with Gasteiger partial charge >= 0.3 is 0 Å². The minimum atomic E-state index is -3.94. The fourth-order valence-corrected chi connectivity index (χ4v) is 4.60. The van der Waals surface area contributed by atoms with Crippen molar-refractivity contribution in [3.63, 3.8) is 0 Å². The average molecular weight is 350 g/mol. The molecular weight excluding hydrogens is 330 g/mol. The third-order valence-electron chi connectivity index (χ3n) is 3.92. The molecule has 0 heterocycles. The Bertz CT molecular complexity index is 651. The summed E-state index contributed by atoms with van der Waals surface area (Å²) in [5, 5.41) is 11.1. The summed E-state index contributed by atoms with van der Waals surface area (Å²) in [4.78, 5) is 10.1. The number of hydrogen-bond donors (Lipinski definition) is 2. The molecule has 0 radical (unpaired) electrons. The molecule has 0 bridgehead atoms. The standard InChI is InChI=1S/C13H19N3O4S.ClH/c1-9-4-2-7-12(16(17)18)13(9)21(19,20)15-11-6-3-5-10(11)8-14;/h2,4,7,10-11,15H,3,5-6,8,14H2,1H3;1H. The van der Waals surface area contributed by atoms with Crippen LogP contribution in [0.1, 0.15) is 24.8 Å². The predicted octanol–water partition coefficient (Wildman–Crippen LogP) is 1.73. The molecule has 0 amide bonds. The number of sulfonamides is 1. The summed E-state index contributed by atoms with van der Waals surface area (Å²) >= 11 is 0. The van der Waals surface area contributed by atoms with Gasteiger partial charge in [-0.2, -0.15) is 0 Å². The number of hydrogen-bond acceptors (Lipinski definition) is 5. The maximum Gasteiger partial charge on any atom is 0.289 e. The number of nitrogens with one attached hydrogen (secondary N) is 1. The van der Waals surface area contributed by atoms with E-state index < -0.39 is 20.6 Å². The molecule has 0 aromatic heterocycles. The third kappa shape index (κ3) is 3.75. The summed E-state index contributed by atoms with van der Waals surface area (Å²) in [5.74, 6) is 0.0860. The van der Waals surface area contributed by atoms with Crippen molar-refractivity contribution in [2.24, 2.45) is 11.7 Å². The Labute approximate surface area is 135 Å². The smallest absolute Gasteiger partial charge is 0.289 e. The van der Waals surface area contributed by atoms with Gasteiger partial charge in [-0.15, -0.1) is 12.4 Å². The quantitative estimate of drug-likeness (QED) is 0.620. The highest BCUT2D eigenvalue weighted by Crippen LogP contribution is 2.30. The number of nitrogens with two attached hydrogens (primary N) is 1. The van der Waals surface area contributed by atoms with E-state index in [-0.39, 0.29) is 29.3 Å². The van der Waals surface area contributed by atoms with Gasteiger partial charge < -0.3 is 5.73 Å². The van der Waals surface area contributed by atoms with Gasteiger partial charge in [-0.25, -0.2) is 13.1 Å². The van der Waals surface area contributed by atoms with Gasteiger partial charge in [0.1, 0.15) is 0 Å². The molecule has 1 fully saturated rings. The van der Waals surface area contributed by atoms with Crippen molar-refractivity contribution >= 4 is 28.1 Å². The van der Waals surface area contributed by atoms with Crippen molar-refractivity contribution in [3.05, 3.63) is 33.9 Å². The highest BCUT2D eigenvalue weighted by atomic mass is 35.5. The normalized spacial score (nSPS) is 21.4. The van der Waals surface area contributed by atoms with Crippen molar-refractivity contribution in [1.29, 1.82) is 0 Å². The highest BCUT2D eigenvalue weighted by molar-refractivity contribution is 7.89. The summed E-state index contributed by atoms with van der Waals surface area (Å²) in [7, 11) is -3.94. The molecule has 0 aliphatic heterocycles. The van der Waals surface area contributed by atoms with E-state index in [4.69, 9.17) is 5.73 Å². The van der Waals surface area contributed by atoms with E-state index in [1.807, 2.05) is 0 Å². The van der Waals surface area contributed by atoms with Crippen molar-refractivity contribution in [2.75, 3.05) is 6.54 Å². The Morgan fingerprint density at radius 2 is 2.09 bits per heavy atom. The lowest BCUT2D eigenvalue weighted by Gasteiger charge is -2.20. The van der Waals surface area contributed by atoms with Crippen molar-refractivity contribution < 1.29 is 13.3 Å². The molecule has 1 aliphatic carbocycles. The second kappa shape index (κ2) is 7.36. The molecule has 124 valence electrons. The van der Waals surface area contributed by atoms with Crippen molar-refractivity contribution in [3.8, 4) is 0 Å². The van der Waals surface area contributed by atoms with Crippen LogP contribution in [0.2, 0.25) is 0 Å². The highest BCUT2D eigenvalue weighted by Gasteiger charge is 2.34. The first-order valence-corrected chi connectivity index (χ1v) is 8.31. The molecule has 3 N–H and O–H groups in total. The summed E-state index contributed by atoms with van der Waals surface area (Å²) in [6.45, 7) is 1.96. The number of aryl methyl sites for hydroxylation is 1. The van der Waals surface area contributed by atoms with Crippen molar-refractivity contribution in [2.45, 2.75) is 37.1 Å². The second-order valence-corrected chi connectivity index (χ2v) is 6.99. The number of benzene rings is 1. The van der Waals surface area contributed by atoms with Gasteiger partial charge in [0.05, 0.1) is 4.92 Å². The van der Waals surface area contributed by atoms with Crippen LogP contribution in [0.4, 0.5) is 5.69 Å². The third-order valence-corrected chi connectivity index (χ3v) is 5.61. The molecule has 0 spiro atoms. The molecule has 0 saturated heterocycles. The molecule has 2 unspecified atom stereocenters. The van der Waals surface area contributed by atoms with Crippen molar-refractivity contribution in [1.82, 2.24) is 4.72 Å². The fraction of sp³-hybridized carbons (Fsp3) is 0.538. The van der Waals surface area contributed by atoms with E-state index >= 15 is 0 Å². The Kier molecular flexibility index (Phi) is 6.30. The predicted molar refractivity (Wildman–Crippen MR) is 85.6 cm³/mol. The van der Waals surface area contributed by atoms with Crippen LogP contribution in [-0.4, -0.2) is 25.9 Å². The Hall–Kier alpha value is -1.22. The molecule has 1 aromatic carbocycles. The summed E-state index contributed by atoms with van der Waals surface area (Å²) in [6, 6.07) is 3.98. The summed E-state index contributed by atoms with van der Waals surface area (Å²) < 4.78 is 27.7. The molecule has 1 aromatic rings. The first kappa shape index (κ1) is 18.8. The SMILES string of the molecule is Cc1cccc([N+](=O)[O-])c1S(=O)(=O)NC1CCCC1CN.Cl. The fourth-order valence-electron chi connectivity index (χ4n) is 2.86. The zero-order valence-electron chi connectivity index (χ0n) is 12.2. The van der Waals surface area contributed by atoms with E-state index in [2.05, 4.69) is 4.72 Å². The topological polar surface area (TPSA) is 115 Å². The van der Waals surface area contributed by atoms with Crippen LogP contribution in [-0.2, 0) is 10.0 Å². The van der Waals surface area contributed by atoms with E-state index in [1.165, 1.54) is 12.1 Å². The minimum Gasteiger partial charge on any atom is -0.330 e. The van der Waals surface area contributed by atoms with Gasteiger partial charge in [0, 0.05) is 12.1 Å². The Balaban J connectivity index is 0.00000242. The molecule has 1 aliphatic rings. The van der Waals surface area contributed by atoms with E-state index in [0.717, 1.165) is 12.8 Å². The zero-order chi connectivity index (χ0) is 15.6. The molecule has 1 saturated carbocycles. The van der Waals surface area contributed by atoms with Crippen LogP contribution in [0.25, 0.3) is 0 Å². The Morgan fingerprint density at radius 1 is 1.41 bits per heavy atom. The van der Waals surface area contributed by atoms with Crippen LogP contribution in [0.3, 0.4) is 0 Å². The van der Waals surface area contributed by atoms with Gasteiger partial charge in [-0.1, -0.05) is 18.6 Å². The molecule has 7 nitrogen and oxygen atoms in total. The van der Waals surface area contributed by atoms with Gasteiger partial charge in [-0.3, -0.25) is 10.1 Å². The van der Waals surface area contributed by atoms with Gasteiger partial charge in [0.15, 0.2) is 4.90 Å². The molecule has 22 heavy (non-hydrogen) atoms. The van der Waals surface area contributed by atoms with Crippen LogP contribution in [0.5, 0.6) is 0 Å². The molecular formula is C13H20ClN3O4S. The Morgan fingerprint density at radius 3 is 2.68 bits per heavy atom. The largest absolute Gasteiger partial charge is 0.330 e. The van der Waals surface area contributed by atoms with E-state index in [9.17, 15) is 18.5 Å². The first-order chi connectivity index (χ1) is 9.86. The van der Waals surface area contributed by atoms with Crippen LogP contribution >= 0.6 is 12.4 Å². The van der Waals surface area contributed by atoms with Gasteiger partial charge in [-0.05, 0) is 37.8 Å². The number of halogens is 1. The van der Waals surface area contributed by atoms with E-state index in [1.54, 1.807) is 13.0 Å². The lowest BCUT2D eigenvalue weighted by molar-refractivity contribution is -0.387. The molecule has 9 heteroatoms. The van der Waals surface area contributed by atoms with Gasteiger partial charge in [0.2, 0.25) is 10.0 Å². The van der Waals surface area contributed by atoms with Crippen LogP contribution < -0.4 is 10.5 Å². The number of rotatable bonds is 5. The molecule has 2 rings (SSSR count).